The van der Waals surface area contributed by atoms with E-state index >= 15 is 0 Å². The molecule has 1 aliphatic heterocycles. The molecule has 0 atom stereocenters. The van der Waals surface area contributed by atoms with Gasteiger partial charge in [0.2, 0.25) is 5.91 Å². The number of nitrogens with one attached hydrogen (secondary N) is 1. The molecule has 1 amide bonds. The van der Waals surface area contributed by atoms with Crippen molar-refractivity contribution in [2.45, 2.75) is 25.7 Å². The van der Waals surface area contributed by atoms with Crippen molar-refractivity contribution in [3.05, 3.63) is 71.8 Å². The van der Waals surface area contributed by atoms with Gasteiger partial charge in [-0.3, -0.25) is 4.79 Å². The van der Waals surface area contributed by atoms with Crippen molar-refractivity contribution in [3.63, 3.8) is 0 Å². The van der Waals surface area contributed by atoms with Gasteiger partial charge in [0.15, 0.2) is 0 Å². The Hall–Kier alpha value is -2.13. The van der Waals surface area contributed by atoms with Gasteiger partial charge in [-0.2, -0.15) is 0 Å². The molecule has 0 bridgehead atoms. The summed E-state index contributed by atoms with van der Waals surface area (Å²) in [5, 5.41) is 3.43. The van der Waals surface area contributed by atoms with Crippen LogP contribution >= 0.6 is 0 Å². The van der Waals surface area contributed by atoms with E-state index in [1.165, 1.54) is 0 Å². The lowest BCUT2D eigenvalue weighted by molar-refractivity contribution is -0.133. The third-order valence-corrected chi connectivity index (χ3v) is 5.12. The van der Waals surface area contributed by atoms with Crippen LogP contribution in [0.5, 0.6) is 0 Å². The summed E-state index contributed by atoms with van der Waals surface area (Å²) in [5.41, 5.74) is 2.15. The van der Waals surface area contributed by atoms with E-state index in [2.05, 4.69) is 41.4 Å². The van der Waals surface area contributed by atoms with Crippen LogP contribution in [0.4, 0.5) is 0 Å². The van der Waals surface area contributed by atoms with Crippen LogP contribution in [-0.4, -0.2) is 37.0 Å². The Morgan fingerprint density at radius 1 is 1.00 bits per heavy atom. The molecular weight excluding hydrogens is 308 g/mol. The highest BCUT2D eigenvalue weighted by atomic mass is 16.2. The van der Waals surface area contributed by atoms with Gasteiger partial charge in [-0.05, 0) is 43.0 Å². The molecule has 0 aliphatic carbocycles. The zero-order chi connectivity index (χ0) is 17.5. The van der Waals surface area contributed by atoms with Crippen LogP contribution < -0.4 is 5.32 Å². The number of carbonyl (C=O) groups is 1. The molecule has 3 heteroatoms. The quantitative estimate of drug-likeness (QED) is 0.873. The average Bonchev–Trinajstić information content (AvgIpc) is 2.68. The predicted molar refractivity (Wildman–Crippen MR) is 103 cm³/mol. The molecule has 1 heterocycles. The Morgan fingerprint density at radius 2 is 1.52 bits per heavy atom. The molecule has 0 radical (unpaired) electrons. The van der Waals surface area contributed by atoms with E-state index in [0.29, 0.717) is 5.92 Å². The van der Waals surface area contributed by atoms with Crippen molar-refractivity contribution >= 4 is 5.91 Å². The fourth-order valence-electron chi connectivity index (χ4n) is 3.66. The predicted octanol–water partition coefficient (Wildman–Crippen LogP) is 3.67. The molecule has 0 aromatic heterocycles. The first kappa shape index (κ1) is 17.7. The standard InChI is InChI=1S/C22H28N2O/c1-2-23-17-18-13-15-24(16-14-18)22(25)21(19-9-5-3-6-10-19)20-11-7-4-8-12-20/h3-12,18,21,23H,2,13-17H2,1H3. The van der Waals surface area contributed by atoms with E-state index in [4.69, 9.17) is 0 Å². The van der Waals surface area contributed by atoms with Crippen molar-refractivity contribution in [1.29, 1.82) is 0 Å². The zero-order valence-electron chi connectivity index (χ0n) is 15.0. The van der Waals surface area contributed by atoms with Gasteiger partial charge in [0.05, 0.1) is 5.92 Å². The van der Waals surface area contributed by atoms with Gasteiger partial charge >= 0.3 is 0 Å². The van der Waals surface area contributed by atoms with Crippen LogP contribution in [0.1, 0.15) is 36.8 Å². The SMILES string of the molecule is CCNCC1CCN(C(=O)C(c2ccccc2)c2ccccc2)CC1. The number of nitrogens with zero attached hydrogens (tertiary/aromatic N) is 1. The molecule has 3 rings (SSSR count). The van der Waals surface area contributed by atoms with Gasteiger partial charge in [0, 0.05) is 13.1 Å². The molecule has 0 unspecified atom stereocenters. The number of amides is 1. The summed E-state index contributed by atoms with van der Waals surface area (Å²) in [7, 11) is 0. The van der Waals surface area contributed by atoms with Gasteiger partial charge in [0.1, 0.15) is 0 Å². The van der Waals surface area contributed by atoms with Crippen molar-refractivity contribution in [2.24, 2.45) is 5.92 Å². The Morgan fingerprint density at radius 3 is 2.00 bits per heavy atom. The second-order valence-corrected chi connectivity index (χ2v) is 6.83. The molecule has 1 aliphatic rings. The molecule has 1 fully saturated rings. The Kier molecular flexibility index (Phi) is 6.24. The Balaban J connectivity index is 1.75. The topological polar surface area (TPSA) is 32.3 Å². The lowest BCUT2D eigenvalue weighted by Gasteiger charge is -2.34. The van der Waals surface area contributed by atoms with Crippen LogP contribution in [-0.2, 0) is 4.79 Å². The maximum Gasteiger partial charge on any atom is 0.234 e. The van der Waals surface area contributed by atoms with Crippen molar-refractivity contribution in [3.8, 4) is 0 Å². The molecule has 132 valence electrons. The first-order valence-electron chi connectivity index (χ1n) is 9.39. The number of hydrogen-bond acceptors (Lipinski definition) is 2. The largest absolute Gasteiger partial charge is 0.342 e. The fourth-order valence-corrected chi connectivity index (χ4v) is 3.66. The van der Waals surface area contributed by atoms with Crippen LogP contribution in [0.3, 0.4) is 0 Å². The number of piperidine rings is 1. The van der Waals surface area contributed by atoms with E-state index in [1.807, 2.05) is 36.4 Å². The summed E-state index contributed by atoms with van der Waals surface area (Å²) < 4.78 is 0. The van der Waals surface area contributed by atoms with Crippen LogP contribution in [0.15, 0.2) is 60.7 Å². The van der Waals surface area contributed by atoms with E-state index in [9.17, 15) is 4.79 Å². The number of carbonyl (C=O) groups excluding carboxylic acids is 1. The molecule has 25 heavy (non-hydrogen) atoms. The minimum atomic E-state index is -0.201. The highest BCUT2D eigenvalue weighted by Crippen LogP contribution is 2.28. The molecule has 0 spiro atoms. The first-order chi connectivity index (χ1) is 12.3. The third kappa shape index (κ3) is 4.49. The molecular formula is C22H28N2O. The van der Waals surface area contributed by atoms with E-state index in [-0.39, 0.29) is 11.8 Å². The number of benzene rings is 2. The van der Waals surface area contributed by atoms with Gasteiger partial charge in [-0.15, -0.1) is 0 Å². The van der Waals surface area contributed by atoms with Crippen LogP contribution in [0.25, 0.3) is 0 Å². The molecule has 0 saturated carbocycles. The van der Waals surface area contributed by atoms with Gasteiger partial charge in [-0.25, -0.2) is 0 Å². The normalized spacial score (nSPS) is 15.5. The van der Waals surface area contributed by atoms with Crippen molar-refractivity contribution in [2.75, 3.05) is 26.2 Å². The fraction of sp³-hybridized carbons (Fsp3) is 0.409. The molecule has 2 aromatic carbocycles. The second-order valence-electron chi connectivity index (χ2n) is 6.83. The lowest BCUT2D eigenvalue weighted by Crippen LogP contribution is -2.43. The molecule has 1 N–H and O–H groups in total. The first-order valence-corrected chi connectivity index (χ1v) is 9.39. The summed E-state index contributed by atoms with van der Waals surface area (Å²) in [5.74, 6) is 0.725. The van der Waals surface area contributed by atoms with Gasteiger partial charge < -0.3 is 10.2 Å². The van der Waals surface area contributed by atoms with Crippen molar-refractivity contribution < 1.29 is 4.79 Å². The van der Waals surface area contributed by atoms with Crippen LogP contribution in [0, 0.1) is 5.92 Å². The lowest BCUT2D eigenvalue weighted by atomic mass is 9.88. The maximum atomic E-state index is 13.3. The Labute approximate surface area is 151 Å². The average molecular weight is 336 g/mol. The molecule has 2 aromatic rings. The summed E-state index contributed by atoms with van der Waals surface area (Å²) in [6.45, 7) is 5.96. The third-order valence-electron chi connectivity index (χ3n) is 5.12. The van der Waals surface area contributed by atoms with E-state index < -0.39 is 0 Å². The summed E-state index contributed by atoms with van der Waals surface area (Å²) >= 11 is 0. The number of likely N-dealkylation sites (tertiary alicyclic amines) is 1. The van der Waals surface area contributed by atoms with E-state index in [0.717, 1.165) is 50.1 Å². The minimum Gasteiger partial charge on any atom is -0.342 e. The zero-order valence-corrected chi connectivity index (χ0v) is 15.0. The smallest absolute Gasteiger partial charge is 0.234 e. The van der Waals surface area contributed by atoms with Crippen LogP contribution in [0.2, 0.25) is 0 Å². The second kappa shape index (κ2) is 8.82. The Bertz CT molecular complexity index is 609. The highest BCUT2D eigenvalue weighted by molar-refractivity contribution is 5.87. The van der Waals surface area contributed by atoms with Crippen molar-refractivity contribution in [1.82, 2.24) is 10.2 Å². The number of rotatable bonds is 6. The van der Waals surface area contributed by atoms with E-state index in [1.54, 1.807) is 0 Å². The van der Waals surface area contributed by atoms with Gasteiger partial charge in [-0.1, -0.05) is 67.6 Å². The monoisotopic (exact) mass is 336 g/mol. The summed E-state index contributed by atoms with van der Waals surface area (Å²) in [6, 6.07) is 20.3. The summed E-state index contributed by atoms with van der Waals surface area (Å²) in [6.07, 6.45) is 2.18. The highest BCUT2D eigenvalue weighted by Gasteiger charge is 2.30. The molecule has 3 nitrogen and oxygen atoms in total. The van der Waals surface area contributed by atoms with Gasteiger partial charge in [0.25, 0.3) is 0 Å². The molecule has 1 saturated heterocycles. The maximum absolute atomic E-state index is 13.3. The number of hydrogen-bond donors (Lipinski definition) is 1. The summed E-state index contributed by atoms with van der Waals surface area (Å²) in [4.78, 5) is 15.4. The minimum absolute atomic E-state index is 0.201.